The van der Waals surface area contributed by atoms with E-state index in [2.05, 4.69) is 18.4 Å². The van der Waals surface area contributed by atoms with E-state index in [9.17, 15) is 14.4 Å². The van der Waals surface area contributed by atoms with Gasteiger partial charge >= 0.3 is 11.9 Å². The van der Waals surface area contributed by atoms with E-state index in [-0.39, 0.29) is 12.2 Å². The first-order valence-electron chi connectivity index (χ1n) is 4.08. The number of primary amides is 1. The summed E-state index contributed by atoms with van der Waals surface area (Å²) in [6.45, 7) is 0. The number of aliphatic carboxylic acids is 2. The van der Waals surface area contributed by atoms with E-state index < -0.39 is 29.9 Å². The Kier molecular flexibility index (Phi) is 9.55. The third kappa shape index (κ3) is 10.8. The van der Waals surface area contributed by atoms with Crippen molar-refractivity contribution in [3.05, 3.63) is 0 Å². The summed E-state index contributed by atoms with van der Waals surface area (Å²) in [6.07, 6.45) is -0.310. The van der Waals surface area contributed by atoms with Crippen LogP contribution in [0.25, 0.3) is 0 Å². The second-order valence-electron chi connectivity index (χ2n) is 2.74. The predicted molar refractivity (Wildman–Crippen MR) is 58.9 cm³/mol. The van der Waals surface area contributed by atoms with Crippen molar-refractivity contribution in [2.75, 3.05) is 5.75 Å². The fourth-order valence-electron chi connectivity index (χ4n) is 0.382. The Bertz CT molecular complexity index is 260. The molecule has 0 aliphatic carbocycles. The van der Waals surface area contributed by atoms with Crippen molar-refractivity contribution in [2.45, 2.75) is 18.5 Å². The molecule has 0 unspecified atom stereocenters. The van der Waals surface area contributed by atoms with Gasteiger partial charge in [-0.25, -0.2) is 0 Å². The lowest BCUT2D eigenvalue weighted by atomic mass is 10.2. The minimum Gasteiger partial charge on any atom is -0.480 e. The first kappa shape index (κ1) is 17.1. The van der Waals surface area contributed by atoms with Gasteiger partial charge in [0.1, 0.15) is 12.1 Å². The molecule has 0 rings (SSSR count). The van der Waals surface area contributed by atoms with Crippen molar-refractivity contribution in [3.63, 3.8) is 0 Å². The van der Waals surface area contributed by atoms with E-state index in [1.54, 1.807) is 0 Å². The Labute approximate surface area is 97.2 Å². The van der Waals surface area contributed by atoms with Crippen molar-refractivity contribution in [3.8, 4) is 0 Å². The Hall–Kier alpha value is -1.32. The van der Waals surface area contributed by atoms with Gasteiger partial charge in [-0.2, -0.15) is 12.6 Å². The van der Waals surface area contributed by atoms with Crippen molar-refractivity contribution in [2.24, 2.45) is 17.2 Å². The third-order valence-corrected chi connectivity index (χ3v) is 1.65. The van der Waals surface area contributed by atoms with Crippen LogP contribution in [0.15, 0.2) is 0 Å². The fourth-order valence-corrected chi connectivity index (χ4v) is 0.538. The average molecular weight is 253 g/mol. The fraction of sp³-hybridized carbons (Fsp3) is 0.571. The number of carbonyl (C=O) groups excluding carboxylic acids is 1. The van der Waals surface area contributed by atoms with Gasteiger partial charge in [-0.15, -0.1) is 0 Å². The quantitative estimate of drug-likeness (QED) is 0.296. The molecule has 1 amide bonds. The number of carboxylic acids is 2. The van der Waals surface area contributed by atoms with E-state index in [0.717, 1.165) is 0 Å². The van der Waals surface area contributed by atoms with E-state index in [0.29, 0.717) is 0 Å². The smallest absolute Gasteiger partial charge is 0.321 e. The van der Waals surface area contributed by atoms with Crippen LogP contribution in [-0.4, -0.2) is 45.9 Å². The number of carboxylic acid groups (broad SMARTS) is 2. The molecule has 0 spiro atoms. The Morgan fingerprint density at radius 2 is 1.44 bits per heavy atom. The molecule has 0 saturated carbocycles. The molecule has 0 fully saturated rings. The van der Waals surface area contributed by atoms with Gasteiger partial charge in [0, 0.05) is 5.75 Å². The van der Waals surface area contributed by atoms with Gasteiger partial charge in [0.15, 0.2) is 0 Å². The van der Waals surface area contributed by atoms with Crippen LogP contribution in [0.1, 0.15) is 6.42 Å². The molecule has 0 aromatic carbocycles. The molecule has 0 aromatic rings. The maximum Gasteiger partial charge on any atom is 0.321 e. The number of hydrogen-bond acceptors (Lipinski definition) is 6. The molecule has 0 radical (unpaired) electrons. The highest BCUT2D eigenvalue weighted by Crippen LogP contribution is 1.84. The minimum absolute atomic E-state index is 0.190. The van der Waals surface area contributed by atoms with Gasteiger partial charge in [0.05, 0.1) is 6.42 Å². The van der Waals surface area contributed by atoms with Gasteiger partial charge in [0.25, 0.3) is 0 Å². The van der Waals surface area contributed by atoms with Gasteiger partial charge < -0.3 is 27.4 Å². The molecule has 8 N–H and O–H groups in total. The summed E-state index contributed by atoms with van der Waals surface area (Å²) in [7, 11) is 0. The first-order chi connectivity index (χ1) is 7.22. The Morgan fingerprint density at radius 3 is 1.50 bits per heavy atom. The number of rotatable bonds is 5. The highest BCUT2D eigenvalue weighted by molar-refractivity contribution is 7.80. The molecular formula is C7H15N3O5S. The Morgan fingerprint density at radius 1 is 1.06 bits per heavy atom. The zero-order valence-corrected chi connectivity index (χ0v) is 9.26. The summed E-state index contributed by atoms with van der Waals surface area (Å²) in [6, 6.07) is -1.98. The van der Waals surface area contributed by atoms with E-state index in [1.165, 1.54) is 0 Å². The lowest BCUT2D eigenvalue weighted by Gasteiger charge is -1.99. The van der Waals surface area contributed by atoms with Crippen molar-refractivity contribution in [1.82, 2.24) is 0 Å². The number of hydrogen-bond donors (Lipinski definition) is 6. The standard InChI is InChI=1S/C4H8N2O3.C3H7NO2S/c5-2(4(8)9)1-3(6)7;4-2(1-7)3(5)6/h2H,1,5H2,(H2,6,7)(H,8,9);2,7H,1,4H2,(H,5,6)/t2*2-/m00/s1. The molecule has 0 aliphatic rings. The zero-order valence-electron chi connectivity index (χ0n) is 8.37. The average Bonchev–Trinajstić information content (AvgIpc) is 2.16. The Balaban J connectivity index is 0. The molecule has 0 aliphatic heterocycles. The van der Waals surface area contributed by atoms with E-state index >= 15 is 0 Å². The summed E-state index contributed by atoms with van der Waals surface area (Å²) in [4.78, 5) is 29.7. The first-order valence-corrected chi connectivity index (χ1v) is 4.71. The van der Waals surface area contributed by atoms with Crippen LogP contribution < -0.4 is 17.2 Å². The third-order valence-electron chi connectivity index (χ3n) is 1.25. The maximum atomic E-state index is 9.99. The molecule has 0 aromatic heterocycles. The summed E-state index contributed by atoms with van der Waals surface area (Å²) in [5.41, 5.74) is 14.5. The monoisotopic (exact) mass is 253 g/mol. The summed E-state index contributed by atoms with van der Waals surface area (Å²) in [5, 5.41) is 16.1. The van der Waals surface area contributed by atoms with Crippen molar-refractivity contribution in [1.29, 1.82) is 0 Å². The lowest BCUT2D eigenvalue weighted by molar-refractivity contribution is -0.140. The van der Waals surface area contributed by atoms with Crippen molar-refractivity contribution >= 4 is 30.5 Å². The molecule has 94 valence electrons. The molecule has 9 heteroatoms. The highest BCUT2D eigenvalue weighted by Gasteiger charge is 2.13. The van der Waals surface area contributed by atoms with Crippen LogP contribution in [0.3, 0.4) is 0 Å². The number of amides is 1. The molecule has 2 atom stereocenters. The molecule has 0 bridgehead atoms. The zero-order chi connectivity index (χ0) is 13.3. The second-order valence-corrected chi connectivity index (χ2v) is 3.11. The maximum absolute atomic E-state index is 9.99. The number of thiol groups is 1. The van der Waals surface area contributed by atoms with Crippen LogP contribution in [-0.2, 0) is 14.4 Å². The summed E-state index contributed by atoms with van der Waals surface area (Å²) in [5.74, 6) is -2.73. The largest absolute Gasteiger partial charge is 0.480 e. The molecule has 16 heavy (non-hydrogen) atoms. The molecule has 0 heterocycles. The molecular weight excluding hydrogens is 238 g/mol. The van der Waals surface area contributed by atoms with Gasteiger partial charge in [-0.1, -0.05) is 0 Å². The van der Waals surface area contributed by atoms with Crippen LogP contribution in [0.4, 0.5) is 0 Å². The second kappa shape index (κ2) is 8.95. The van der Waals surface area contributed by atoms with Gasteiger partial charge in [-0.3, -0.25) is 14.4 Å². The van der Waals surface area contributed by atoms with E-state index in [1.807, 2.05) is 0 Å². The number of carbonyl (C=O) groups is 3. The van der Waals surface area contributed by atoms with Crippen LogP contribution >= 0.6 is 12.6 Å². The van der Waals surface area contributed by atoms with Crippen LogP contribution in [0, 0.1) is 0 Å². The van der Waals surface area contributed by atoms with Gasteiger partial charge in [0.2, 0.25) is 5.91 Å². The SMILES string of the molecule is NC(=O)C[C@H](N)C(=O)O.N[C@@H](CS)C(=O)O. The normalized spacial score (nSPS) is 12.9. The van der Waals surface area contributed by atoms with Crippen molar-refractivity contribution < 1.29 is 24.6 Å². The molecule has 8 nitrogen and oxygen atoms in total. The molecule has 0 saturated heterocycles. The number of nitrogens with two attached hydrogens (primary N) is 3. The van der Waals surface area contributed by atoms with Crippen LogP contribution in [0.5, 0.6) is 0 Å². The highest BCUT2D eigenvalue weighted by atomic mass is 32.1. The van der Waals surface area contributed by atoms with E-state index in [4.69, 9.17) is 21.7 Å². The summed E-state index contributed by atoms with van der Waals surface area (Å²) >= 11 is 3.65. The van der Waals surface area contributed by atoms with Gasteiger partial charge in [-0.05, 0) is 0 Å². The van der Waals surface area contributed by atoms with Crippen LogP contribution in [0.2, 0.25) is 0 Å². The lowest BCUT2D eigenvalue weighted by Crippen LogP contribution is -2.34. The topological polar surface area (TPSA) is 170 Å². The predicted octanol–water partition coefficient (Wildman–Crippen LogP) is -2.40. The minimum atomic E-state index is -1.21. The summed E-state index contributed by atoms with van der Waals surface area (Å²) < 4.78 is 0.